The zero-order chi connectivity index (χ0) is 10.8. The number of benzene rings is 1. The zero-order valence-electron chi connectivity index (χ0n) is 9.11. The van der Waals surface area contributed by atoms with Crippen LogP contribution in [-0.4, -0.2) is 19.2 Å². The molecule has 0 radical (unpaired) electrons. The minimum atomic E-state index is 0.540. The lowest BCUT2D eigenvalue weighted by atomic mass is 10.2. The van der Waals surface area contributed by atoms with Gasteiger partial charge in [0.25, 0.3) is 0 Å². The maximum atomic E-state index is 5.81. The van der Waals surface area contributed by atoms with Crippen molar-refractivity contribution in [1.82, 2.24) is 5.32 Å². The van der Waals surface area contributed by atoms with Crippen molar-refractivity contribution in [3.63, 3.8) is 0 Å². The van der Waals surface area contributed by atoms with E-state index in [1.807, 2.05) is 0 Å². The lowest BCUT2D eigenvalue weighted by molar-refractivity contribution is 0.277. The standard InChI is InChI=1S/C13H15NOS/c1-2-11(14-6-1)9-15-12-3-4-13-10(8-12)5-7-16-13/h3-5,7-8,11,14H,1-2,6,9H2. The highest BCUT2D eigenvalue weighted by Crippen LogP contribution is 2.25. The summed E-state index contributed by atoms with van der Waals surface area (Å²) in [6, 6.07) is 9.00. The van der Waals surface area contributed by atoms with Gasteiger partial charge < -0.3 is 10.1 Å². The average Bonchev–Trinajstić information content (AvgIpc) is 2.97. The molecule has 16 heavy (non-hydrogen) atoms. The van der Waals surface area contributed by atoms with Crippen molar-refractivity contribution in [3.05, 3.63) is 29.6 Å². The maximum Gasteiger partial charge on any atom is 0.120 e. The van der Waals surface area contributed by atoms with Crippen LogP contribution < -0.4 is 10.1 Å². The van der Waals surface area contributed by atoms with Crippen LogP contribution in [0.3, 0.4) is 0 Å². The van der Waals surface area contributed by atoms with Crippen molar-refractivity contribution in [2.75, 3.05) is 13.2 Å². The number of hydrogen-bond acceptors (Lipinski definition) is 3. The van der Waals surface area contributed by atoms with E-state index >= 15 is 0 Å². The Balaban J connectivity index is 1.68. The van der Waals surface area contributed by atoms with Gasteiger partial charge in [-0.1, -0.05) is 0 Å². The van der Waals surface area contributed by atoms with Crippen molar-refractivity contribution < 1.29 is 4.74 Å². The molecule has 0 saturated carbocycles. The van der Waals surface area contributed by atoms with Crippen LogP contribution in [0.15, 0.2) is 29.6 Å². The highest BCUT2D eigenvalue weighted by molar-refractivity contribution is 7.17. The molecule has 1 aromatic carbocycles. The summed E-state index contributed by atoms with van der Waals surface area (Å²) >= 11 is 1.77. The molecule has 1 unspecified atom stereocenters. The van der Waals surface area contributed by atoms with Crippen molar-refractivity contribution in [1.29, 1.82) is 0 Å². The first-order valence-corrected chi connectivity index (χ1v) is 6.63. The molecule has 0 aliphatic carbocycles. The fraction of sp³-hybridized carbons (Fsp3) is 0.385. The molecule has 2 nitrogen and oxygen atoms in total. The topological polar surface area (TPSA) is 21.3 Å². The Labute approximate surface area is 99.2 Å². The van der Waals surface area contributed by atoms with Gasteiger partial charge in [-0.05, 0) is 54.4 Å². The highest BCUT2D eigenvalue weighted by atomic mass is 32.1. The quantitative estimate of drug-likeness (QED) is 0.880. The van der Waals surface area contributed by atoms with Crippen molar-refractivity contribution in [3.8, 4) is 5.75 Å². The molecule has 0 bridgehead atoms. The molecule has 1 N–H and O–H groups in total. The van der Waals surface area contributed by atoms with Gasteiger partial charge >= 0.3 is 0 Å². The van der Waals surface area contributed by atoms with E-state index < -0.39 is 0 Å². The second kappa shape index (κ2) is 4.44. The first-order chi connectivity index (χ1) is 7.92. The summed E-state index contributed by atoms with van der Waals surface area (Å²) in [7, 11) is 0. The number of rotatable bonds is 3. The number of fused-ring (bicyclic) bond motifs is 1. The van der Waals surface area contributed by atoms with Crippen molar-refractivity contribution >= 4 is 21.4 Å². The van der Waals surface area contributed by atoms with E-state index in [-0.39, 0.29) is 0 Å². The molecule has 1 aromatic heterocycles. The monoisotopic (exact) mass is 233 g/mol. The second-order valence-corrected chi connectivity index (χ2v) is 5.17. The van der Waals surface area contributed by atoms with Gasteiger partial charge in [-0.2, -0.15) is 0 Å². The molecular formula is C13H15NOS. The smallest absolute Gasteiger partial charge is 0.120 e. The normalized spacial score (nSPS) is 20.4. The van der Waals surface area contributed by atoms with Crippen LogP contribution in [0.4, 0.5) is 0 Å². The average molecular weight is 233 g/mol. The summed E-state index contributed by atoms with van der Waals surface area (Å²) in [5, 5.41) is 6.83. The summed E-state index contributed by atoms with van der Waals surface area (Å²) in [5.41, 5.74) is 0. The molecule has 1 aliphatic rings. The SMILES string of the molecule is c1cc2cc(OCC3CCCN3)ccc2s1. The van der Waals surface area contributed by atoms with Crippen LogP contribution in [-0.2, 0) is 0 Å². The Morgan fingerprint density at radius 3 is 3.25 bits per heavy atom. The molecule has 3 rings (SSSR count). The first kappa shape index (κ1) is 10.1. The van der Waals surface area contributed by atoms with E-state index in [0.717, 1.165) is 18.9 Å². The number of nitrogens with one attached hydrogen (secondary N) is 1. The molecule has 0 amide bonds. The fourth-order valence-corrected chi connectivity index (χ4v) is 2.90. The number of thiophene rings is 1. The molecule has 1 fully saturated rings. The molecule has 3 heteroatoms. The van der Waals surface area contributed by atoms with E-state index in [0.29, 0.717) is 6.04 Å². The van der Waals surface area contributed by atoms with E-state index in [1.54, 1.807) is 11.3 Å². The predicted octanol–water partition coefficient (Wildman–Crippen LogP) is 3.03. The Bertz CT molecular complexity index is 473. The predicted molar refractivity (Wildman–Crippen MR) is 68.3 cm³/mol. The van der Waals surface area contributed by atoms with Gasteiger partial charge in [-0.25, -0.2) is 0 Å². The molecule has 1 saturated heterocycles. The summed E-state index contributed by atoms with van der Waals surface area (Å²) in [4.78, 5) is 0. The van der Waals surface area contributed by atoms with E-state index in [9.17, 15) is 0 Å². The molecule has 1 aliphatic heterocycles. The number of hydrogen-bond donors (Lipinski definition) is 1. The van der Waals surface area contributed by atoms with Crippen LogP contribution in [0.2, 0.25) is 0 Å². The minimum absolute atomic E-state index is 0.540. The van der Waals surface area contributed by atoms with Gasteiger partial charge in [0.05, 0.1) is 0 Å². The summed E-state index contributed by atoms with van der Waals surface area (Å²) in [5.74, 6) is 0.986. The summed E-state index contributed by atoms with van der Waals surface area (Å²) in [6.45, 7) is 1.92. The van der Waals surface area contributed by atoms with Gasteiger partial charge in [0.15, 0.2) is 0 Å². The van der Waals surface area contributed by atoms with E-state index in [2.05, 4.69) is 35.0 Å². The maximum absolute atomic E-state index is 5.81. The van der Waals surface area contributed by atoms with Gasteiger partial charge in [0.2, 0.25) is 0 Å². The Morgan fingerprint density at radius 2 is 2.38 bits per heavy atom. The molecule has 2 aromatic rings. The Hall–Kier alpha value is -1.06. The van der Waals surface area contributed by atoms with Gasteiger partial charge in [-0.15, -0.1) is 11.3 Å². The van der Waals surface area contributed by atoms with E-state index in [1.165, 1.54) is 22.9 Å². The Morgan fingerprint density at radius 1 is 1.38 bits per heavy atom. The van der Waals surface area contributed by atoms with Crippen LogP contribution in [0.25, 0.3) is 10.1 Å². The highest BCUT2D eigenvalue weighted by Gasteiger charge is 2.14. The zero-order valence-corrected chi connectivity index (χ0v) is 9.93. The minimum Gasteiger partial charge on any atom is -0.492 e. The van der Waals surface area contributed by atoms with Crippen molar-refractivity contribution in [2.24, 2.45) is 0 Å². The lowest BCUT2D eigenvalue weighted by Crippen LogP contribution is -2.28. The van der Waals surface area contributed by atoms with Crippen molar-refractivity contribution in [2.45, 2.75) is 18.9 Å². The number of ether oxygens (including phenoxy) is 1. The first-order valence-electron chi connectivity index (χ1n) is 5.75. The van der Waals surface area contributed by atoms with E-state index in [4.69, 9.17) is 4.74 Å². The molecule has 84 valence electrons. The third kappa shape index (κ3) is 2.06. The van der Waals surface area contributed by atoms with Gasteiger partial charge in [-0.3, -0.25) is 0 Å². The van der Waals surface area contributed by atoms with Crippen LogP contribution >= 0.6 is 11.3 Å². The lowest BCUT2D eigenvalue weighted by Gasteiger charge is -2.11. The molecule has 2 heterocycles. The third-order valence-corrected chi connectivity index (χ3v) is 3.94. The summed E-state index contributed by atoms with van der Waals surface area (Å²) < 4.78 is 7.13. The van der Waals surface area contributed by atoms with Gasteiger partial charge in [0.1, 0.15) is 12.4 Å². The third-order valence-electron chi connectivity index (χ3n) is 3.04. The summed E-state index contributed by atoms with van der Waals surface area (Å²) in [6.07, 6.45) is 2.51. The fourth-order valence-electron chi connectivity index (χ4n) is 2.13. The molecular weight excluding hydrogens is 218 g/mol. The largest absolute Gasteiger partial charge is 0.492 e. The van der Waals surface area contributed by atoms with Crippen LogP contribution in [0.5, 0.6) is 5.75 Å². The Kier molecular flexibility index (Phi) is 2.80. The molecule has 1 atom stereocenters. The van der Waals surface area contributed by atoms with Crippen LogP contribution in [0, 0.1) is 0 Å². The second-order valence-electron chi connectivity index (χ2n) is 4.22. The van der Waals surface area contributed by atoms with Gasteiger partial charge in [0, 0.05) is 10.7 Å². The molecule has 0 spiro atoms. The van der Waals surface area contributed by atoms with Crippen LogP contribution in [0.1, 0.15) is 12.8 Å².